The zero-order valence-corrected chi connectivity index (χ0v) is 11.1. The van der Waals surface area contributed by atoms with Crippen LogP contribution in [-0.4, -0.2) is 40.7 Å². The number of hydrogen-bond acceptors (Lipinski definition) is 6. The number of benzene rings is 1. The molecule has 0 aliphatic carbocycles. The first-order chi connectivity index (χ1) is 10.0. The minimum Gasteiger partial charge on any atom is -0.480 e. The lowest BCUT2D eigenvalue weighted by Crippen LogP contribution is -2.33. The van der Waals surface area contributed by atoms with Crippen molar-refractivity contribution in [2.24, 2.45) is 0 Å². The Morgan fingerprint density at radius 2 is 2.29 bits per heavy atom. The zero-order chi connectivity index (χ0) is 15.4. The van der Waals surface area contributed by atoms with E-state index in [-0.39, 0.29) is 18.0 Å². The molecule has 0 radical (unpaired) electrons. The van der Waals surface area contributed by atoms with Gasteiger partial charge in [-0.1, -0.05) is 0 Å². The van der Waals surface area contributed by atoms with Crippen LogP contribution in [0, 0.1) is 10.1 Å². The van der Waals surface area contributed by atoms with Crippen LogP contribution in [0.3, 0.4) is 0 Å². The van der Waals surface area contributed by atoms with Crippen LogP contribution in [0.4, 0.5) is 11.4 Å². The van der Waals surface area contributed by atoms with Gasteiger partial charge in [-0.25, -0.2) is 4.79 Å². The van der Waals surface area contributed by atoms with Crippen molar-refractivity contribution in [1.29, 1.82) is 0 Å². The molecular weight excluding hydrogens is 278 g/mol. The fourth-order valence-corrected chi connectivity index (χ4v) is 1.98. The van der Waals surface area contributed by atoms with E-state index in [2.05, 4.69) is 10.3 Å². The molecule has 0 fully saturated rings. The third-order valence-corrected chi connectivity index (χ3v) is 2.90. The molecule has 1 aromatic carbocycles. The summed E-state index contributed by atoms with van der Waals surface area (Å²) in [4.78, 5) is 25.9. The van der Waals surface area contributed by atoms with Gasteiger partial charge in [-0.2, -0.15) is 0 Å². The van der Waals surface area contributed by atoms with Crippen molar-refractivity contribution in [1.82, 2.24) is 4.98 Å². The second-order valence-corrected chi connectivity index (χ2v) is 4.28. The van der Waals surface area contributed by atoms with Crippen molar-refractivity contribution >= 4 is 28.2 Å². The SMILES string of the molecule is COCC(Nc1ccc2ncccc2c1[N+](=O)[O-])C(=O)O. The number of anilines is 1. The van der Waals surface area contributed by atoms with E-state index in [1.165, 1.54) is 19.4 Å². The van der Waals surface area contributed by atoms with E-state index < -0.39 is 16.9 Å². The van der Waals surface area contributed by atoms with Gasteiger partial charge in [0.1, 0.15) is 11.7 Å². The van der Waals surface area contributed by atoms with Gasteiger partial charge < -0.3 is 15.2 Å². The largest absolute Gasteiger partial charge is 0.480 e. The lowest BCUT2D eigenvalue weighted by Gasteiger charge is -2.15. The number of methoxy groups -OCH3 is 1. The number of aliphatic carboxylic acids is 1. The first-order valence-electron chi connectivity index (χ1n) is 6.05. The van der Waals surface area contributed by atoms with E-state index in [0.717, 1.165) is 0 Å². The summed E-state index contributed by atoms with van der Waals surface area (Å²) in [6.45, 7) is -0.114. The number of pyridine rings is 1. The topological polar surface area (TPSA) is 115 Å². The Balaban J connectivity index is 2.50. The number of rotatable bonds is 6. The number of nitro benzene ring substituents is 1. The van der Waals surface area contributed by atoms with Gasteiger partial charge in [-0.05, 0) is 24.3 Å². The molecule has 21 heavy (non-hydrogen) atoms. The lowest BCUT2D eigenvalue weighted by atomic mass is 10.1. The average Bonchev–Trinajstić information content (AvgIpc) is 2.45. The normalized spacial score (nSPS) is 12.0. The van der Waals surface area contributed by atoms with E-state index in [1.54, 1.807) is 18.2 Å². The van der Waals surface area contributed by atoms with E-state index in [0.29, 0.717) is 10.9 Å². The number of aromatic nitrogens is 1. The summed E-state index contributed by atoms with van der Waals surface area (Å²) in [5, 5.41) is 23.4. The Morgan fingerprint density at radius 1 is 1.52 bits per heavy atom. The minimum atomic E-state index is -1.16. The Hall–Kier alpha value is -2.74. The van der Waals surface area contributed by atoms with Gasteiger partial charge in [0.2, 0.25) is 0 Å². The molecular formula is C13H13N3O5. The summed E-state index contributed by atoms with van der Waals surface area (Å²) >= 11 is 0. The van der Waals surface area contributed by atoms with Crippen LogP contribution in [-0.2, 0) is 9.53 Å². The molecule has 0 aliphatic heterocycles. The summed E-state index contributed by atoms with van der Waals surface area (Å²) in [6.07, 6.45) is 1.53. The highest BCUT2D eigenvalue weighted by Crippen LogP contribution is 2.32. The third-order valence-electron chi connectivity index (χ3n) is 2.90. The highest BCUT2D eigenvalue weighted by molar-refractivity contribution is 5.95. The van der Waals surface area contributed by atoms with Crippen LogP contribution in [0.5, 0.6) is 0 Å². The van der Waals surface area contributed by atoms with Gasteiger partial charge in [0, 0.05) is 13.3 Å². The van der Waals surface area contributed by atoms with Gasteiger partial charge in [0.05, 0.1) is 22.4 Å². The molecule has 2 rings (SSSR count). The standard InChI is InChI=1S/C13H13N3O5/c1-21-7-11(13(17)18)15-10-5-4-9-8(3-2-6-14-9)12(10)16(19)20/h2-6,11,15H,7H2,1H3,(H,17,18). The van der Waals surface area contributed by atoms with Gasteiger partial charge in [0.25, 0.3) is 0 Å². The molecule has 0 bridgehead atoms. The summed E-state index contributed by atoms with van der Waals surface area (Å²) < 4.78 is 4.80. The molecule has 1 unspecified atom stereocenters. The number of carboxylic acids is 1. The molecule has 2 aromatic rings. The quantitative estimate of drug-likeness (QED) is 0.614. The van der Waals surface area contributed by atoms with Gasteiger partial charge in [0.15, 0.2) is 0 Å². The van der Waals surface area contributed by atoms with Crippen molar-refractivity contribution in [2.75, 3.05) is 19.0 Å². The second kappa shape index (κ2) is 6.14. The lowest BCUT2D eigenvalue weighted by molar-refractivity contribution is -0.382. The number of nitrogens with zero attached hydrogens (tertiary/aromatic N) is 2. The van der Waals surface area contributed by atoms with Gasteiger partial charge >= 0.3 is 11.7 Å². The maximum absolute atomic E-state index is 11.3. The van der Waals surface area contributed by atoms with E-state index >= 15 is 0 Å². The maximum Gasteiger partial charge on any atom is 0.328 e. The van der Waals surface area contributed by atoms with Gasteiger partial charge in [-0.3, -0.25) is 15.1 Å². The Bertz CT molecular complexity index is 689. The summed E-state index contributed by atoms with van der Waals surface area (Å²) in [6, 6.07) is 5.11. The predicted octanol–water partition coefficient (Wildman–Crippen LogP) is 1.65. The van der Waals surface area contributed by atoms with Crippen molar-refractivity contribution in [2.45, 2.75) is 6.04 Å². The summed E-state index contributed by atoms with van der Waals surface area (Å²) in [5.74, 6) is -1.16. The molecule has 1 aromatic heterocycles. The monoisotopic (exact) mass is 291 g/mol. The highest BCUT2D eigenvalue weighted by Gasteiger charge is 2.24. The molecule has 8 heteroatoms. The van der Waals surface area contributed by atoms with E-state index in [1.807, 2.05) is 0 Å². The fraction of sp³-hybridized carbons (Fsp3) is 0.231. The van der Waals surface area contributed by atoms with Crippen LogP contribution >= 0.6 is 0 Å². The van der Waals surface area contributed by atoms with Crippen molar-refractivity contribution in [3.05, 3.63) is 40.6 Å². The van der Waals surface area contributed by atoms with Crippen LogP contribution in [0.2, 0.25) is 0 Å². The van der Waals surface area contributed by atoms with Crippen molar-refractivity contribution < 1.29 is 19.6 Å². The number of fused-ring (bicyclic) bond motifs is 1. The number of carbonyl (C=O) groups is 1. The van der Waals surface area contributed by atoms with Crippen LogP contribution < -0.4 is 5.32 Å². The molecule has 0 saturated heterocycles. The van der Waals surface area contributed by atoms with E-state index in [9.17, 15) is 14.9 Å². The number of carboxylic acid groups (broad SMARTS) is 1. The summed E-state index contributed by atoms with van der Waals surface area (Å²) in [7, 11) is 1.36. The minimum absolute atomic E-state index is 0.114. The van der Waals surface area contributed by atoms with Crippen molar-refractivity contribution in [3.63, 3.8) is 0 Å². The first kappa shape index (κ1) is 14.7. The Morgan fingerprint density at radius 3 is 2.90 bits per heavy atom. The number of ether oxygens (including phenoxy) is 1. The fourth-order valence-electron chi connectivity index (χ4n) is 1.98. The van der Waals surface area contributed by atoms with Crippen LogP contribution in [0.15, 0.2) is 30.5 Å². The molecule has 1 heterocycles. The molecule has 1 atom stereocenters. The molecule has 0 spiro atoms. The summed E-state index contributed by atoms with van der Waals surface area (Å²) in [5.41, 5.74) is 0.376. The Kier molecular flexibility index (Phi) is 4.29. The molecule has 0 amide bonds. The molecule has 8 nitrogen and oxygen atoms in total. The van der Waals surface area contributed by atoms with Gasteiger partial charge in [-0.15, -0.1) is 0 Å². The zero-order valence-electron chi connectivity index (χ0n) is 11.1. The molecule has 110 valence electrons. The number of nitrogens with one attached hydrogen (secondary N) is 1. The average molecular weight is 291 g/mol. The smallest absolute Gasteiger partial charge is 0.328 e. The first-order valence-corrected chi connectivity index (χ1v) is 6.05. The van der Waals surface area contributed by atoms with Crippen molar-refractivity contribution in [3.8, 4) is 0 Å². The second-order valence-electron chi connectivity index (χ2n) is 4.28. The number of nitro groups is 1. The maximum atomic E-state index is 11.3. The number of hydrogen-bond donors (Lipinski definition) is 2. The molecule has 0 saturated carbocycles. The molecule has 0 aliphatic rings. The molecule has 2 N–H and O–H groups in total. The van der Waals surface area contributed by atoms with Crippen LogP contribution in [0.1, 0.15) is 0 Å². The Labute approximate surface area is 119 Å². The van der Waals surface area contributed by atoms with Crippen LogP contribution in [0.25, 0.3) is 10.9 Å². The van der Waals surface area contributed by atoms with E-state index in [4.69, 9.17) is 9.84 Å². The third kappa shape index (κ3) is 3.06. The highest BCUT2D eigenvalue weighted by atomic mass is 16.6. The predicted molar refractivity (Wildman–Crippen MR) is 75.3 cm³/mol.